The van der Waals surface area contributed by atoms with Crippen LogP contribution in [-0.4, -0.2) is 66.5 Å². The lowest BCUT2D eigenvalue weighted by molar-refractivity contribution is -0.0520. The van der Waals surface area contributed by atoms with Crippen molar-refractivity contribution in [1.29, 1.82) is 0 Å². The first-order valence-corrected chi connectivity index (χ1v) is 9.43. The molecule has 0 aromatic carbocycles. The Morgan fingerprint density at radius 3 is 2.54 bits per heavy atom. The SMILES string of the molecule is O[C@@H]1C[C@H]2CN(c3ncc(Cl)cc3Cl)C[C@H]2C[C@H]1N1CCOCC1. The second-order valence-electron chi connectivity index (χ2n) is 7.14. The molecule has 0 radical (unpaired) electrons. The van der Waals surface area contributed by atoms with Gasteiger partial charge in [0.05, 0.1) is 29.4 Å². The summed E-state index contributed by atoms with van der Waals surface area (Å²) < 4.78 is 5.44. The maximum atomic E-state index is 10.7. The van der Waals surface area contributed by atoms with Crippen molar-refractivity contribution in [2.24, 2.45) is 11.8 Å². The summed E-state index contributed by atoms with van der Waals surface area (Å²) in [5, 5.41) is 11.8. The van der Waals surface area contributed by atoms with E-state index in [1.807, 2.05) is 0 Å². The molecule has 7 heteroatoms. The van der Waals surface area contributed by atoms with Crippen LogP contribution in [0.4, 0.5) is 5.82 Å². The molecule has 0 unspecified atom stereocenters. The number of aliphatic hydroxyl groups is 1. The number of fused-ring (bicyclic) bond motifs is 1. The van der Waals surface area contributed by atoms with E-state index in [1.165, 1.54) is 0 Å². The Labute approximate surface area is 152 Å². The smallest absolute Gasteiger partial charge is 0.147 e. The molecule has 0 spiro atoms. The third-order valence-electron chi connectivity index (χ3n) is 5.71. The maximum Gasteiger partial charge on any atom is 0.147 e. The van der Waals surface area contributed by atoms with Crippen molar-refractivity contribution in [2.45, 2.75) is 25.0 Å². The highest BCUT2D eigenvalue weighted by molar-refractivity contribution is 6.36. The summed E-state index contributed by atoms with van der Waals surface area (Å²) in [5.41, 5.74) is 0. The van der Waals surface area contributed by atoms with Crippen molar-refractivity contribution in [1.82, 2.24) is 9.88 Å². The third-order valence-corrected chi connectivity index (χ3v) is 6.20. The van der Waals surface area contributed by atoms with Crippen LogP contribution in [0.25, 0.3) is 0 Å². The van der Waals surface area contributed by atoms with Crippen LogP contribution in [0.2, 0.25) is 10.0 Å². The normalized spacial score (nSPS) is 34.4. The summed E-state index contributed by atoms with van der Waals surface area (Å²) in [6.45, 7) is 5.25. The first-order chi connectivity index (χ1) is 11.6. The Morgan fingerprint density at radius 1 is 1.12 bits per heavy atom. The fourth-order valence-electron chi connectivity index (χ4n) is 4.52. The Hall–Kier alpha value is -0.590. The topological polar surface area (TPSA) is 48.8 Å². The van der Waals surface area contributed by atoms with Gasteiger partial charge in [-0.15, -0.1) is 0 Å². The number of aliphatic hydroxyl groups excluding tert-OH is 1. The van der Waals surface area contributed by atoms with E-state index in [1.54, 1.807) is 12.3 Å². The van der Waals surface area contributed by atoms with Crippen LogP contribution < -0.4 is 4.90 Å². The van der Waals surface area contributed by atoms with Gasteiger partial charge >= 0.3 is 0 Å². The summed E-state index contributed by atoms with van der Waals surface area (Å²) in [5.74, 6) is 1.90. The molecule has 4 rings (SSSR count). The highest BCUT2D eigenvalue weighted by atomic mass is 35.5. The Kier molecular flexibility index (Phi) is 4.89. The van der Waals surface area contributed by atoms with Gasteiger partial charge in [-0.25, -0.2) is 4.98 Å². The molecule has 4 atom stereocenters. The zero-order chi connectivity index (χ0) is 16.7. The number of nitrogens with zero attached hydrogens (tertiary/aromatic N) is 3. The molecule has 2 aliphatic heterocycles. The largest absolute Gasteiger partial charge is 0.391 e. The lowest BCUT2D eigenvalue weighted by Crippen LogP contribution is -2.53. The second kappa shape index (κ2) is 6.96. The Morgan fingerprint density at radius 2 is 1.83 bits per heavy atom. The molecule has 1 saturated carbocycles. The number of hydrogen-bond acceptors (Lipinski definition) is 5. The molecule has 5 nitrogen and oxygen atoms in total. The van der Waals surface area contributed by atoms with Gasteiger partial charge in [-0.2, -0.15) is 0 Å². The third kappa shape index (κ3) is 3.25. The fourth-order valence-corrected chi connectivity index (χ4v) is 5.02. The molecule has 1 aliphatic carbocycles. The molecule has 1 aromatic heterocycles. The van der Waals surface area contributed by atoms with E-state index in [2.05, 4.69) is 14.8 Å². The quantitative estimate of drug-likeness (QED) is 0.864. The van der Waals surface area contributed by atoms with E-state index in [9.17, 15) is 5.11 Å². The van der Waals surface area contributed by atoms with Crippen LogP contribution in [0, 0.1) is 11.8 Å². The van der Waals surface area contributed by atoms with Crippen molar-refractivity contribution in [3.63, 3.8) is 0 Å². The van der Waals surface area contributed by atoms with Gasteiger partial charge in [0, 0.05) is 38.4 Å². The molecular weight excluding hydrogens is 349 g/mol. The van der Waals surface area contributed by atoms with Crippen molar-refractivity contribution in [3.8, 4) is 0 Å². The van der Waals surface area contributed by atoms with Crippen LogP contribution >= 0.6 is 23.2 Å². The minimum absolute atomic E-state index is 0.252. The van der Waals surface area contributed by atoms with Gasteiger partial charge in [-0.3, -0.25) is 4.90 Å². The van der Waals surface area contributed by atoms with Gasteiger partial charge in [-0.05, 0) is 30.7 Å². The summed E-state index contributed by atoms with van der Waals surface area (Å²) in [4.78, 5) is 9.07. The molecule has 3 heterocycles. The molecule has 0 bridgehead atoms. The van der Waals surface area contributed by atoms with Crippen LogP contribution in [0.5, 0.6) is 0 Å². The lowest BCUT2D eigenvalue weighted by atomic mass is 9.77. The maximum absolute atomic E-state index is 10.7. The van der Waals surface area contributed by atoms with E-state index >= 15 is 0 Å². The predicted molar refractivity (Wildman–Crippen MR) is 94.9 cm³/mol. The van der Waals surface area contributed by atoms with Crippen molar-refractivity contribution >= 4 is 29.0 Å². The zero-order valence-corrected chi connectivity index (χ0v) is 15.1. The van der Waals surface area contributed by atoms with Gasteiger partial charge in [0.15, 0.2) is 0 Å². The van der Waals surface area contributed by atoms with Gasteiger partial charge in [0.25, 0.3) is 0 Å². The van der Waals surface area contributed by atoms with E-state index in [4.69, 9.17) is 27.9 Å². The number of halogens is 2. The minimum Gasteiger partial charge on any atom is -0.391 e. The summed E-state index contributed by atoms with van der Waals surface area (Å²) in [6, 6.07) is 2.00. The van der Waals surface area contributed by atoms with Crippen LogP contribution in [0.15, 0.2) is 12.3 Å². The molecule has 1 N–H and O–H groups in total. The highest BCUT2D eigenvalue weighted by Crippen LogP contribution is 2.41. The van der Waals surface area contributed by atoms with Crippen LogP contribution in [0.3, 0.4) is 0 Å². The van der Waals surface area contributed by atoms with E-state index < -0.39 is 0 Å². The number of rotatable bonds is 2. The van der Waals surface area contributed by atoms with Gasteiger partial charge < -0.3 is 14.7 Å². The first kappa shape index (κ1) is 16.9. The molecule has 1 aromatic rings. The molecular formula is C17H23Cl2N3O2. The minimum atomic E-state index is -0.252. The number of ether oxygens (including phenoxy) is 1. The molecule has 2 saturated heterocycles. The zero-order valence-electron chi connectivity index (χ0n) is 13.6. The molecule has 3 fully saturated rings. The highest BCUT2D eigenvalue weighted by Gasteiger charge is 2.44. The molecule has 3 aliphatic rings. The van der Waals surface area contributed by atoms with Gasteiger partial charge in [0.1, 0.15) is 5.82 Å². The lowest BCUT2D eigenvalue weighted by Gasteiger charge is -2.43. The number of aromatic nitrogens is 1. The second-order valence-corrected chi connectivity index (χ2v) is 7.98. The number of pyridine rings is 1. The van der Waals surface area contributed by atoms with Crippen molar-refractivity contribution in [3.05, 3.63) is 22.3 Å². The number of hydrogen-bond donors (Lipinski definition) is 1. The monoisotopic (exact) mass is 371 g/mol. The van der Waals surface area contributed by atoms with Crippen LogP contribution in [-0.2, 0) is 4.74 Å². The van der Waals surface area contributed by atoms with Crippen molar-refractivity contribution < 1.29 is 9.84 Å². The standard InChI is InChI=1S/C17H23Cl2N3O2/c18-13-7-14(19)17(20-8-13)22-9-11-5-15(16(23)6-12(11)10-22)21-1-3-24-4-2-21/h7-8,11-12,15-16,23H,1-6,9-10H2/t11-,12+,15-,16-/m1/s1. The first-order valence-electron chi connectivity index (χ1n) is 8.67. The van der Waals surface area contributed by atoms with Gasteiger partial charge in [0.2, 0.25) is 0 Å². The van der Waals surface area contributed by atoms with E-state index in [0.29, 0.717) is 21.9 Å². The van der Waals surface area contributed by atoms with Crippen LogP contribution in [0.1, 0.15) is 12.8 Å². The predicted octanol–water partition coefficient (Wildman–Crippen LogP) is 2.30. The summed E-state index contributed by atoms with van der Waals surface area (Å²) >= 11 is 12.3. The van der Waals surface area contributed by atoms with E-state index in [-0.39, 0.29) is 12.1 Å². The molecule has 0 amide bonds. The van der Waals surface area contributed by atoms with Gasteiger partial charge in [-0.1, -0.05) is 23.2 Å². The average Bonchev–Trinajstić information content (AvgIpc) is 2.97. The number of anilines is 1. The summed E-state index contributed by atoms with van der Waals surface area (Å²) in [7, 11) is 0. The van der Waals surface area contributed by atoms with Crippen molar-refractivity contribution in [2.75, 3.05) is 44.3 Å². The fraction of sp³-hybridized carbons (Fsp3) is 0.706. The Balaban J connectivity index is 1.47. The summed E-state index contributed by atoms with van der Waals surface area (Å²) in [6.07, 6.45) is 3.29. The molecule has 132 valence electrons. The Bertz CT molecular complexity index is 597. The number of morpholine rings is 1. The average molecular weight is 372 g/mol. The molecule has 24 heavy (non-hydrogen) atoms. The van der Waals surface area contributed by atoms with E-state index in [0.717, 1.165) is 58.1 Å².